The summed E-state index contributed by atoms with van der Waals surface area (Å²) in [6.07, 6.45) is 0. The number of thiazole rings is 1. The highest BCUT2D eigenvalue weighted by atomic mass is 79.9. The molecular formula is C13H7BrN2O3S. The lowest BCUT2D eigenvalue weighted by Crippen LogP contribution is -2.29. The molecule has 0 fully saturated rings. The number of carbonyl (C=O) groups excluding carboxylic acids is 3. The first-order valence-corrected chi connectivity index (χ1v) is 7.31. The number of nitrogens with zero attached hydrogens (tertiary/aromatic N) is 2. The van der Waals surface area contributed by atoms with Gasteiger partial charge in [-0.2, -0.15) is 0 Å². The number of amides is 2. The maximum absolute atomic E-state index is 12.3. The summed E-state index contributed by atoms with van der Waals surface area (Å²) in [7, 11) is 0. The number of carbonyl (C=O) groups is 3. The average molecular weight is 351 g/mol. The molecule has 20 heavy (non-hydrogen) atoms. The topological polar surface area (TPSA) is 67.3 Å². The normalized spacial score (nSPS) is 13.8. The lowest BCUT2D eigenvalue weighted by molar-refractivity contribution is 0.0923. The summed E-state index contributed by atoms with van der Waals surface area (Å²) < 4.78 is 0.725. The molecule has 5 nitrogen and oxygen atoms in total. The van der Waals surface area contributed by atoms with E-state index in [-0.39, 0.29) is 16.6 Å². The molecule has 2 amide bonds. The molecule has 0 bridgehead atoms. The third-order valence-electron chi connectivity index (χ3n) is 2.89. The Hall–Kier alpha value is -1.86. The third kappa shape index (κ3) is 1.90. The molecular weight excluding hydrogens is 344 g/mol. The molecule has 3 rings (SSSR count). The van der Waals surface area contributed by atoms with Crippen molar-refractivity contribution in [3.8, 4) is 0 Å². The molecule has 100 valence electrons. The van der Waals surface area contributed by atoms with Crippen LogP contribution in [-0.2, 0) is 0 Å². The van der Waals surface area contributed by atoms with E-state index in [9.17, 15) is 14.4 Å². The summed E-state index contributed by atoms with van der Waals surface area (Å²) in [6.45, 7) is 1.39. The molecule has 2 heterocycles. The Morgan fingerprint density at radius 2 is 1.95 bits per heavy atom. The van der Waals surface area contributed by atoms with Crippen LogP contribution >= 0.6 is 27.3 Å². The Morgan fingerprint density at radius 1 is 1.25 bits per heavy atom. The van der Waals surface area contributed by atoms with Gasteiger partial charge in [0, 0.05) is 16.8 Å². The van der Waals surface area contributed by atoms with Crippen LogP contribution < -0.4 is 4.90 Å². The zero-order valence-electron chi connectivity index (χ0n) is 10.2. The molecule has 1 aliphatic heterocycles. The van der Waals surface area contributed by atoms with Crippen molar-refractivity contribution in [3.05, 3.63) is 44.9 Å². The van der Waals surface area contributed by atoms with Gasteiger partial charge in [-0.1, -0.05) is 15.9 Å². The molecule has 7 heteroatoms. The van der Waals surface area contributed by atoms with Crippen molar-refractivity contribution < 1.29 is 14.4 Å². The van der Waals surface area contributed by atoms with E-state index in [1.807, 2.05) is 0 Å². The second kappa shape index (κ2) is 4.60. The van der Waals surface area contributed by atoms with Crippen LogP contribution in [0.3, 0.4) is 0 Å². The zero-order chi connectivity index (χ0) is 14.4. The van der Waals surface area contributed by atoms with Crippen LogP contribution in [0.15, 0.2) is 28.1 Å². The molecule has 0 N–H and O–H groups in total. The van der Waals surface area contributed by atoms with Crippen molar-refractivity contribution in [1.82, 2.24) is 4.98 Å². The van der Waals surface area contributed by atoms with Gasteiger partial charge in [0.2, 0.25) is 0 Å². The van der Waals surface area contributed by atoms with E-state index in [1.54, 1.807) is 18.2 Å². The number of imide groups is 1. The second-order valence-electron chi connectivity index (χ2n) is 4.21. The number of aromatic nitrogens is 1. The SMILES string of the molecule is CC(=O)c1csc(N2C(=O)c3ccc(Br)cc3C2=O)n1. The molecule has 0 unspecified atom stereocenters. The first kappa shape index (κ1) is 13.1. The minimum absolute atomic E-state index is 0.202. The molecule has 0 saturated heterocycles. The second-order valence-corrected chi connectivity index (χ2v) is 5.96. The van der Waals surface area contributed by atoms with E-state index in [0.717, 1.165) is 20.7 Å². The maximum Gasteiger partial charge on any atom is 0.268 e. The maximum atomic E-state index is 12.3. The molecule has 2 aromatic rings. The van der Waals surface area contributed by atoms with Crippen LogP contribution in [0.25, 0.3) is 0 Å². The molecule has 0 spiro atoms. The predicted octanol–water partition coefficient (Wildman–Crippen LogP) is 2.91. The number of hydrogen-bond acceptors (Lipinski definition) is 5. The number of fused-ring (bicyclic) bond motifs is 1. The minimum atomic E-state index is -0.421. The molecule has 0 atom stereocenters. The summed E-state index contributed by atoms with van der Waals surface area (Å²) in [6, 6.07) is 4.91. The van der Waals surface area contributed by atoms with Gasteiger partial charge in [0.1, 0.15) is 5.69 Å². The number of anilines is 1. The van der Waals surface area contributed by atoms with Crippen molar-refractivity contribution >= 4 is 50.0 Å². The third-order valence-corrected chi connectivity index (χ3v) is 4.21. The van der Waals surface area contributed by atoms with Crippen LogP contribution in [0.5, 0.6) is 0 Å². The Kier molecular flexibility index (Phi) is 3.02. The predicted molar refractivity (Wildman–Crippen MR) is 77.4 cm³/mol. The lowest BCUT2D eigenvalue weighted by atomic mass is 10.1. The number of Topliss-reactive ketones (excluding diaryl/α,β-unsaturated/α-hetero) is 1. The van der Waals surface area contributed by atoms with Crippen LogP contribution in [0.1, 0.15) is 38.1 Å². The molecule has 0 saturated carbocycles. The van der Waals surface area contributed by atoms with Crippen LogP contribution in [0.4, 0.5) is 5.13 Å². The Balaban J connectivity index is 2.06. The van der Waals surface area contributed by atoms with Gasteiger partial charge in [0.25, 0.3) is 11.8 Å². The Morgan fingerprint density at radius 3 is 2.60 bits per heavy atom. The highest BCUT2D eigenvalue weighted by Crippen LogP contribution is 2.32. The number of hydrogen-bond donors (Lipinski definition) is 0. The van der Waals surface area contributed by atoms with Crippen LogP contribution in [0, 0.1) is 0 Å². The number of halogens is 1. The summed E-state index contributed by atoms with van der Waals surface area (Å²) in [4.78, 5) is 40.9. The Labute approximate surface area is 126 Å². The van der Waals surface area contributed by atoms with Crippen LogP contribution in [-0.4, -0.2) is 22.6 Å². The Bertz CT molecular complexity index is 769. The molecule has 1 aromatic heterocycles. The highest BCUT2D eigenvalue weighted by Gasteiger charge is 2.38. The minimum Gasteiger partial charge on any atom is -0.293 e. The average Bonchev–Trinajstić information content (AvgIpc) is 2.95. The quantitative estimate of drug-likeness (QED) is 0.616. The first-order chi connectivity index (χ1) is 9.49. The van der Waals surface area contributed by atoms with Crippen LogP contribution in [0.2, 0.25) is 0 Å². The van der Waals surface area contributed by atoms with Gasteiger partial charge in [-0.25, -0.2) is 9.88 Å². The van der Waals surface area contributed by atoms with Gasteiger partial charge < -0.3 is 0 Å². The van der Waals surface area contributed by atoms with E-state index < -0.39 is 11.8 Å². The molecule has 0 aliphatic carbocycles. The summed E-state index contributed by atoms with van der Waals surface area (Å²) >= 11 is 4.37. The van der Waals surface area contributed by atoms with Gasteiger partial charge in [0.05, 0.1) is 11.1 Å². The number of benzene rings is 1. The standard InChI is InChI=1S/C13H7BrN2O3S/c1-6(17)10-5-20-13(15-10)16-11(18)8-3-2-7(14)4-9(8)12(16)19/h2-5H,1H3. The van der Waals surface area contributed by atoms with Crippen molar-refractivity contribution in [1.29, 1.82) is 0 Å². The molecule has 1 aliphatic rings. The van der Waals surface area contributed by atoms with E-state index in [2.05, 4.69) is 20.9 Å². The van der Waals surface area contributed by atoms with Gasteiger partial charge in [-0.15, -0.1) is 11.3 Å². The van der Waals surface area contributed by atoms with Gasteiger partial charge in [-0.05, 0) is 18.2 Å². The monoisotopic (exact) mass is 350 g/mol. The molecule has 1 aromatic carbocycles. The van der Waals surface area contributed by atoms with Crippen molar-refractivity contribution in [2.45, 2.75) is 6.92 Å². The fourth-order valence-corrected chi connectivity index (χ4v) is 3.13. The lowest BCUT2D eigenvalue weighted by Gasteiger charge is -2.08. The van der Waals surface area contributed by atoms with Gasteiger partial charge in [0.15, 0.2) is 10.9 Å². The largest absolute Gasteiger partial charge is 0.293 e. The smallest absolute Gasteiger partial charge is 0.268 e. The fourth-order valence-electron chi connectivity index (χ4n) is 1.92. The molecule has 0 radical (unpaired) electrons. The van der Waals surface area contributed by atoms with E-state index in [4.69, 9.17) is 0 Å². The fraction of sp³-hybridized carbons (Fsp3) is 0.0769. The van der Waals surface area contributed by atoms with E-state index in [0.29, 0.717) is 11.1 Å². The number of ketones is 1. The first-order valence-electron chi connectivity index (χ1n) is 5.64. The summed E-state index contributed by atoms with van der Waals surface area (Å²) in [5.74, 6) is -1.04. The number of rotatable bonds is 2. The van der Waals surface area contributed by atoms with Gasteiger partial charge in [-0.3, -0.25) is 14.4 Å². The highest BCUT2D eigenvalue weighted by molar-refractivity contribution is 9.10. The zero-order valence-corrected chi connectivity index (χ0v) is 12.6. The van der Waals surface area contributed by atoms with Gasteiger partial charge >= 0.3 is 0 Å². The van der Waals surface area contributed by atoms with Crippen molar-refractivity contribution in [2.24, 2.45) is 0 Å². The van der Waals surface area contributed by atoms with E-state index in [1.165, 1.54) is 12.3 Å². The summed E-state index contributed by atoms with van der Waals surface area (Å²) in [5, 5.41) is 1.76. The van der Waals surface area contributed by atoms with Crippen molar-refractivity contribution in [2.75, 3.05) is 4.90 Å². The summed E-state index contributed by atoms with van der Waals surface area (Å²) in [5.41, 5.74) is 0.935. The van der Waals surface area contributed by atoms with E-state index >= 15 is 0 Å². The van der Waals surface area contributed by atoms with Crippen molar-refractivity contribution in [3.63, 3.8) is 0 Å².